The van der Waals surface area contributed by atoms with Gasteiger partial charge < -0.3 is 34.8 Å². The number of piperidine rings is 1. The average molecular weight is 630 g/mol. The van der Waals surface area contributed by atoms with Gasteiger partial charge >= 0.3 is 21.7 Å². The third kappa shape index (κ3) is 9.06. The van der Waals surface area contributed by atoms with Gasteiger partial charge in [0.15, 0.2) is 0 Å². The molecule has 0 unspecified atom stereocenters. The normalized spacial score (nSPS) is 20.4. The zero-order valence-corrected chi connectivity index (χ0v) is 25.8. The number of nitrogens with one attached hydrogen (secondary N) is 2. The van der Waals surface area contributed by atoms with Gasteiger partial charge in [0.1, 0.15) is 0 Å². The Labute approximate surface area is 245 Å². The van der Waals surface area contributed by atoms with Crippen molar-refractivity contribution in [2.24, 2.45) is 5.92 Å². The molecular weight excluding hydrogens is 588 g/mol. The van der Waals surface area contributed by atoms with Crippen molar-refractivity contribution in [1.29, 1.82) is 0 Å². The average Bonchev–Trinajstić information content (AvgIpc) is 3.29. The number of H-pyrrole nitrogens is 1. The number of benzene rings is 1. The summed E-state index contributed by atoms with van der Waals surface area (Å²) in [5, 5.41) is 4.16. The standard InChI is InChI=1S/C26H37N5O2.H4O7P2/c1-5-11-30-17-19(25(32)31(26(33)27-6-2)13-8-12-29(3)4)14-21-20-9-7-10-22-24(20)18(16-28-22)15-23(21)30;1-8(2,3)7-9(4,5)6/h5,7,9-10,16,19,21,23,28H,1,6,8,11-15,17H2,2-4H3,(H,27,33);(H2,1,2,3)(H2,4,5,6)/t19-,21-,23-;/m1./s1. The number of rotatable bonds is 10. The van der Waals surface area contributed by atoms with Crippen LogP contribution in [0.5, 0.6) is 0 Å². The third-order valence-electron chi connectivity index (χ3n) is 7.33. The van der Waals surface area contributed by atoms with Crippen molar-refractivity contribution in [2.75, 3.05) is 46.8 Å². The highest BCUT2D eigenvalue weighted by Gasteiger charge is 2.44. The summed E-state index contributed by atoms with van der Waals surface area (Å²) in [5.41, 5.74) is 3.84. The summed E-state index contributed by atoms with van der Waals surface area (Å²) in [6.45, 7) is 9.02. The van der Waals surface area contributed by atoms with Gasteiger partial charge in [0.25, 0.3) is 0 Å². The van der Waals surface area contributed by atoms with Crippen LogP contribution < -0.4 is 5.32 Å². The Morgan fingerprint density at radius 1 is 1.19 bits per heavy atom. The van der Waals surface area contributed by atoms with Crippen LogP contribution in [0, 0.1) is 5.92 Å². The summed E-state index contributed by atoms with van der Waals surface area (Å²) in [6, 6.07) is 6.50. The number of aromatic nitrogens is 1. The molecule has 1 aromatic carbocycles. The summed E-state index contributed by atoms with van der Waals surface area (Å²) in [7, 11) is -6.09. The zero-order valence-electron chi connectivity index (χ0n) is 24.0. The first-order valence-electron chi connectivity index (χ1n) is 13.6. The lowest BCUT2D eigenvalue weighted by Gasteiger charge is -2.47. The predicted molar refractivity (Wildman–Crippen MR) is 158 cm³/mol. The number of carbonyl (C=O) groups is 2. The quantitative estimate of drug-likeness (QED) is 0.167. The van der Waals surface area contributed by atoms with E-state index in [2.05, 4.69) is 55.4 Å². The molecule has 1 fully saturated rings. The number of imide groups is 1. The predicted octanol–water partition coefficient (Wildman–Crippen LogP) is 2.38. The first-order chi connectivity index (χ1) is 19.6. The van der Waals surface area contributed by atoms with Gasteiger partial charge in [-0.1, -0.05) is 18.2 Å². The minimum atomic E-state index is -5.05. The summed E-state index contributed by atoms with van der Waals surface area (Å²) in [4.78, 5) is 66.9. The Hall–Kier alpha value is -2.38. The molecule has 3 atom stereocenters. The lowest BCUT2D eigenvalue weighted by Crippen LogP contribution is -2.55. The van der Waals surface area contributed by atoms with E-state index in [4.69, 9.17) is 19.6 Å². The Morgan fingerprint density at radius 3 is 2.45 bits per heavy atom. The molecule has 16 heteroatoms. The van der Waals surface area contributed by atoms with Gasteiger partial charge in [0.05, 0.1) is 5.92 Å². The van der Waals surface area contributed by atoms with Crippen LogP contribution in [0.25, 0.3) is 10.9 Å². The van der Waals surface area contributed by atoms with Crippen LogP contribution in [0.4, 0.5) is 4.79 Å². The largest absolute Gasteiger partial charge is 0.478 e. The van der Waals surface area contributed by atoms with Gasteiger partial charge in [-0.15, -0.1) is 6.58 Å². The number of hydrogen-bond acceptors (Lipinski definition) is 7. The monoisotopic (exact) mass is 629 g/mol. The maximum atomic E-state index is 13.7. The maximum Gasteiger partial charge on any atom is 0.478 e. The smallest absolute Gasteiger partial charge is 0.361 e. The van der Waals surface area contributed by atoms with Gasteiger partial charge in [-0.2, -0.15) is 4.31 Å². The van der Waals surface area contributed by atoms with Gasteiger partial charge in [-0.3, -0.25) is 14.6 Å². The highest BCUT2D eigenvalue weighted by atomic mass is 31.3. The molecule has 6 N–H and O–H groups in total. The van der Waals surface area contributed by atoms with Crippen LogP contribution in [0.2, 0.25) is 0 Å². The second-order valence-corrected chi connectivity index (χ2v) is 13.3. The van der Waals surface area contributed by atoms with E-state index in [-0.39, 0.29) is 23.8 Å². The minimum absolute atomic E-state index is 0.0562. The minimum Gasteiger partial charge on any atom is -0.361 e. The number of nitrogens with zero attached hydrogens (tertiary/aromatic N) is 3. The van der Waals surface area contributed by atoms with E-state index in [0.717, 1.165) is 37.9 Å². The lowest BCUT2D eigenvalue weighted by molar-refractivity contribution is -0.135. The summed E-state index contributed by atoms with van der Waals surface area (Å²) in [5.74, 6) is -0.0133. The molecule has 1 aliphatic heterocycles. The molecule has 2 aliphatic rings. The molecule has 0 saturated carbocycles. The lowest BCUT2D eigenvalue weighted by atomic mass is 9.72. The van der Waals surface area contributed by atoms with E-state index >= 15 is 0 Å². The van der Waals surface area contributed by atoms with Crippen LogP contribution in [0.3, 0.4) is 0 Å². The van der Waals surface area contributed by atoms with E-state index in [1.807, 2.05) is 27.1 Å². The van der Waals surface area contributed by atoms with Gasteiger partial charge in [0.2, 0.25) is 5.91 Å². The van der Waals surface area contributed by atoms with Gasteiger partial charge in [0, 0.05) is 55.2 Å². The highest BCUT2D eigenvalue weighted by molar-refractivity contribution is 7.60. The van der Waals surface area contributed by atoms with Crippen molar-refractivity contribution in [3.05, 3.63) is 48.2 Å². The number of phosphoric acid groups is 2. The van der Waals surface area contributed by atoms with Crippen molar-refractivity contribution in [3.8, 4) is 0 Å². The molecule has 4 rings (SSSR count). The highest BCUT2D eigenvalue weighted by Crippen LogP contribution is 2.53. The van der Waals surface area contributed by atoms with E-state index in [1.54, 1.807) is 0 Å². The van der Waals surface area contributed by atoms with Gasteiger partial charge in [-0.05, 0) is 64.0 Å². The Balaban J connectivity index is 0.000000467. The van der Waals surface area contributed by atoms with Crippen LogP contribution in [0.1, 0.15) is 36.8 Å². The molecule has 0 bridgehead atoms. The van der Waals surface area contributed by atoms with E-state index in [0.29, 0.717) is 25.7 Å². The molecule has 1 aromatic heterocycles. The second kappa shape index (κ2) is 14.4. The molecule has 0 radical (unpaired) electrons. The third-order valence-corrected chi connectivity index (χ3v) is 9.03. The molecule has 234 valence electrons. The first-order valence-corrected chi connectivity index (χ1v) is 16.7. The number of fused-ring (bicyclic) bond motifs is 2. The summed E-state index contributed by atoms with van der Waals surface area (Å²) < 4.78 is 22.2. The van der Waals surface area contributed by atoms with Crippen LogP contribution >= 0.6 is 15.6 Å². The molecule has 42 heavy (non-hydrogen) atoms. The fraction of sp³-hybridized carbons (Fsp3) is 0.538. The van der Waals surface area contributed by atoms with Crippen molar-refractivity contribution >= 4 is 38.5 Å². The van der Waals surface area contributed by atoms with Crippen LogP contribution in [0.15, 0.2) is 37.1 Å². The van der Waals surface area contributed by atoms with Crippen molar-refractivity contribution in [1.82, 2.24) is 25.0 Å². The molecule has 2 aromatic rings. The first kappa shape index (κ1) is 34.1. The zero-order chi connectivity index (χ0) is 31.2. The van der Waals surface area contributed by atoms with E-state index in [9.17, 15) is 18.7 Å². The topological polar surface area (TPSA) is 196 Å². The Bertz CT molecular complexity index is 1330. The number of hydrogen-bond donors (Lipinski definition) is 6. The van der Waals surface area contributed by atoms with Crippen molar-refractivity contribution < 1.29 is 42.6 Å². The fourth-order valence-corrected chi connectivity index (χ4v) is 6.92. The van der Waals surface area contributed by atoms with E-state index < -0.39 is 15.6 Å². The number of urea groups is 1. The molecular formula is C26H41N5O9P2. The number of likely N-dealkylation sites (tertiary alicyclic amines) is 1. The van der Waals surface area contributed by atoms with Crippen molar-refractivity contribution in [2.45, 2.75) is 38.1 Å². The molecule has 3 amide bonds. The number of carbonyl (C=O) groups excluding carboxylic acids is 2. The molecule has 14 nitrogen and oxygen atoms in total. The Morgan fingerprint density at radius 2 is 1.88 bits per heavy atom. The summed E-state index contributed by atoms with van der Waals surface area (Å²) >= 11 is 0. The van der Waals surface area contributed by atoms with Crippen LogP contribution in [-0.2, 0) is 24.7 Å². The van der Waals surface area contributed by atoms with Crippen molar-refractivity contribution in [3.63, 3.8) is 0 Å². The fourth-order valence-electron chi connectivity index (χ4n) is 5.81. The van der Waals surface area contributed by atoms with Gasteiger partial charge in [-0.25, -0.2) is 13.9 Å². The molecule has 2 heterocycles. The van der Waals surface area contributed by atoms with E-state index in [1.165, 1.54) is 21.4 Å². The Kier molecular flexibility index (Phi) is 11.7. The maximum absolute atomic E-state index is 13.7. The molecule has 1 saturated heterocycles. The van der Waals surface area contributed by atoms with Crippen LogP contribution in [-0.4, -0.2) is 104 Å². The number of aromatic amines is 1. The molecule has 0 spiro atoms. The second-order valence-electron chi connectivity index (χ2n) is 10.7. The summed E-state index contributed by atoms with van der Waals surface area (Å²) in [6.07, 6.45) is 6.56. The number of amides is 3. The SMILES string of the molecule is C=CCN1C[C@H](C(=O)N(CCCN(C)C)C(=O)NCC)C[C@@H]2c3cccc4[nH]cc(c34)C[C@H]21.O=P(O)(O)OP(=O)(O)O. The molecule has 1 aliphatic carbocycles.